The van der Waals surface area contributed by atoms with Crippen LogP contribution in [0.1, 0.15) is 61.2 Å². The number of amides is 2. The van der Waals surface area contributed by atoms with Crippen LogP contribution >= 0.6 is 0 Å². The molecule has 1 aromatic rings. The number of likely N-dealkylation sites (tertiary alicyclic amines) is 1. The summed E-state index contributed by atoms with van der Waals surface area (Å²) >= 11 is 0. The van der Waals surface area contributed by atoms with E-state index < -0.39 is 6.10 Å². The fourth-order valence-electron chi connectivity index (χ4n) is 3.29. The number of carbonyl (C=O) groups excluding carboxylic acids is 2. The maximum atomic E-state index is 12.3. The van der Waals surface area contributed by atoms with Crippen LogP contribution in [0.5, 0.6) is 0 Å². The number of hydrogen-bond acceptors (Lipinski definition) is 6. The third-order valence-corrected chi connectivity index (χ3v) is 4.95. The van der Waals surface area contributed by atoms with Gasteiger partial charge in [-0.05, 0) is 32.6 Å². The monoisotopic (exact) mass is 350 g/mol. The first kappa shape index (κ1) is 17.9. The van der Waals surface area contributed by atoms with Crippen molar-refractivity contribution in [3.63, 3.8) is 0 Å². The van der Waals surface area contributed by atoms with E-state index in [4.69, 9.17) is 10.3 Å². The van der Waals surface area contributed by atoms with Crippen molar-refractivity contribution < 1.29 is 19.2 Å². The molecule has 2 unspecified atom stereocenters. The predicted octanol–water partition coefficient (Wildman–Crippen LogP) is 0.371. The smallest absolute Gasteiger partial charge is 0.273 e. The molecule has 2 amide bonds. The summed E-state index contributed by atoms with van der Waals surface area (Å²) in [5.74, 6) is 0.886. The zero-order valence-corrected chi connectivity index (χ0v) is 14.5. The molecule has 8 nitrogen and oxygen atoms in total. The van der Waals surface area contributed by atoms with Crippen LogP contribution in [-0.2, 0) is 4.79 Å². The Balaban J connectivity index is 1.50. The van der Waals surface area contributed by atoms with Crippen LogP contribution in [0.25, 0.3) is 0 Å². The summed E-state index contributed by atoms with van der Waals surface area (Å²) in [6, 6.07) is 1.71. The van der Waals surface area contributed by atoms with Gasteiger partial charge >= 0.3 is 0 Å². The van der Waals surface area contributed by atoms with Crippen molar-refractivity contribution >= 4 is 11.8 Å². The Morgan fingerprint density at radius 1 is 1.48 bits per heavy atom. The number of aromatic nitrogens is 1. The lowest BCUT2D eigenvalue weighted by Gasteiger charge is -2.38. The van der Waals surface area contributed by atoms with Crippen molar-refractivity contribution in [3.05, 3.63) is 17.5 Å². The first-order valence-corrected chi connectivity index (χ1v) is 8.93. The lowest BCUT2D eigenvalue weighted by atomic mass is 9.97. The second-order valence-electron chi connectivity index (χ2n) is 7.11. The number of rotatable bonds is 6. The largest absolute Gasteiger partial charge is 0.391 e. The van der Waals surface area contributed by atoms with Crippen molar-refractivity contribution in [2.45, 2.75) is 63.1 Å². The van der Waals surface area contributed by atoms with Gasteiger partial charge < -0.3 is 25.6 Å². The molecule has 2 fully saturated rings. The van der Waals surface area contributed by atoms with Crippen LogP contribution in [0, 0.1) is 0 Å². The number of hydrogen-bond donors (Lipinski definition) is 3. The van der Waals surface area contributed by atoms with E-state index in [1.165, 1.54) is 0 Å². The van der Waals surface area contributed by atoms with E-state index in [1.54, 1.807) is 11.0 Å². The number of nitrogens with two attached hydrogens (primary N) is 1. The quantitative estimate of drug-likeness (QED) is 0.681. The number of carbonyl (C=O) groups is 2. The van der Waals surface area contributed by atoms with E-state index in [0.717, 1.165) is 18.6 Å². The summed E-state index contributed by atoms with van der Waals surface area (Å²) in [7, 11) is 0. The average molecular weight is 350 g/mol. The molecule has 0 radical (unpaired) electrons. The second kappa shape index (κ2) is 7.53. The Morgan fingerprint density at radius 2 is 2.24 bits per heavy atom. The minimum atomic E-state index is -0.801. The van der Waals surface area contributed by atoms with Gasteiger partial charge in [-0.25, -0.2) is 0 Å². The zero-order valence-electron chi connectivity index (χ0n) is 14.5. The van der Waals surface area contributed by atoms with Crippen LogP contribution in [0.3, 0.4) is 0 Å². The highest BCUT2D eigenvalue weighted by Gasteiger charge is 2.32. The van der Waals surface area contributed by atoms with Gasteiger partial charge in [0.15, 0.2) is 5.69 Å². The minimum Gasteiger partial charge on any atom is -0.391 e. The Labute approximate surface area is 146 Å². The molecule has 138 valence electrons. The van der Waals surface area contributed by atoms with Gasteiger partial charge in [0.25, 0.3) is 5.91 Å². The van der Waals surface area contributed by atoms with Crippen molar-refractivity contribution in [1.29, 1.82) is 0 Å². The van der Waals surface area contributed by atoms with Gasteiger partial charge in [0.05, 0.1) is 12.5 Å². The third kappa shape index (κ3) is 4.38. The fourth-order valence-corrected chi connectivity index (χ4v) is 3.29. The third-order valence-electron chi connectivity index (χ3n) is 4.95. The van der Waals surface area contributed by atoms with E-state index in [0.29, 0.717) is 31.0 Å². The minimum absolute atomic E-state index is 0.00383. The molecular formula is C17H26N4O4. The molecule has 0 bridgehead atoms. The molecule has 1 aromatic heterocycles. The fraction of sp³-hybridized carbons (Fsp3) is 0.706. The molecular weight excluding hydrogens is 324 g/mol. The maximum absolute atomic E-state index is 12.3. The molecule has 25 heavy (non-hydrogen) atoms. The van der Waals surface area contributed by atoms with Crippen molar-refractivity contribution in [2.75, 3.05) is 13.1 Å². The molecule has 8 heteroatoms. The van der Waals surface area contributed by atoms with E-state index in [-0.39, 0.29) is 36.9 Å². The van der Waals surface area contributed by atoms with E-state index in [1.807, 2.05) is 6.92 Å². The summed E-state index contributed by atoms with van der Waals surface area (Å²) in [5.41, 5.74) is 5.68. The molecule has 0 spiro atoms. The average Bonchev–Trinajstić information content (AvgIpc) is 3.31. The molecule has 2 aliphatic rings. The molecule has 3 rings (SSSR count). The first-order chi connectivity index (χ1) is 12.0. The molecule has 1 aliphatic heterocycles. The molecule has 1 aliphatic carbocycles. The Hall–Kier alpha value is -1.93. The van der Waals surface area contributed by atoms with Gasteiger partial charge in [0, 0.05) is 37.2 Å². The Kier molecular flexibility index (Phi) is 5.39. The molecule has 0 aromatic carbocycles. The van der Waals surface area contributed by atoms with Crippen LogP contribution in [0.2, 0.25) is 0 Å². The number of nitrogens with zero attached hydrogens (tertiary/aromatic N) is 2. The van der Waals surface area contributed by atoms with Gasteiger partial charge in [-0.1, -0.05) is 5.16 Å². The SMILES string of the molecule is C[C@H]1CC(NC(=O)c2cc(C3CC3)on2)CCN1C(=O)CC(O)CN. The van der Waals surface area contributed by atoms with E-state index >= 15 is 0 Å². The zero-order chi connectivity index (χ0) is 18.0. The number of aliphatic hydroxyl groups is 1. The first-order valence-electron chi connectivity index (χ1n) is 8.93. The summed E-state index contributed by atoms with van der Waals surface area (Å²) in [6.07, 6.45) is 2.78. The number of piperidine rings is 1. The molecule has 1 saturated heterocycles. The lowest BCUT2D eigenvalue weighted by molar-refractivity contribution is -0.136. The highest BCUT2D eigenvalue weighted by Crippen LogP contribution is 2.40. The van der Waals surface area contributed by atoms with Gasteiger partial charge in [-0.15, -0.1) is 0 Å². The summed E-state index contributed by atoms with van der Waals surface area (Å²) in [6.45, 7) is 2.58. The normalized spacial score (nSPS) is 24.8. The highest BCUT2D eigenvalue weighted by molar-refractivity contribution is 5.92. The summed E-state index contributed by atoms with van der Waals surface area (Å²) < 4.78 is 5.22. The number of aliphatic hydroxyl groups excluding tert-OH is 1. The van der Waals surface area contributed by atoms with Crippen LogP contribution in [0.15, 0.2) is 10.6 Å². The molecule has 2 heterocycles. The topological polar surface area (TPSA) is 122 Å². The summed E-state index contributed by atoms with van der Waals surface area (Å²) in [5, 5.41) is 16.4. The van der Waals surface area contributed by atoms with Gasteiger partial charge in [0.2, 0.25) is 5.91 Å². The highest BCUT2D eigenvalue weighted by atomic mass is 16.5. The van der Waals surface area contributed by atoms with Crippen molar-refractivity contribution in [1.82, 2.24) is 15.4 Å². The summed E-state index contributed by atoms with van der Waals surface area (Å²) in [4.78, 5) is 26.3. The lowest BCUT2D eigenvalue weighted by Crippen LogP contribution is -2.51. The van der Waals surface area contributed by atoms with Crippen molar-refractivity contribution in [2.24, 2.45) is 5.73 Å². The van der Waals surface area contributed by atoms with Gasteiger partial charge in [-0.2, -0.15) is 0 Å². The van der Waals surface area contributed by atoms with E-state index in [2.05, 4.69) is 10.5 Å². The molecule has 3 atom stereocenters. The standard InChI is InChI=1S/C17H26N4O4/c1-10-6-12(4-5-21(10)16(23)7-13(22)9-18)19-17(24)14-8-15(25-20-14)11-2-3-11/h8,10-13,22H,2-7,9,18H2,1H3,(H,19,24)/t10-,12?,13?/m0/s1. The van der Waals surface area contributed by atoms with E-state index in [9.17, 15) is 14.7 Å². The van der Waals surface area contributed by atoms with Gasteiger partial charge in [-0.3, -0.25) is 9.59 Å². The van der Waals surface area contributed by atoms with Crippen LogP contribution in [-0.4, -0.2) is 58.3 Å². The van der Waals surface area contributed by atoms with Crippen LogP contribution < -0.4 is 11.1 Å². The maximum Gasteiger partial charge on any atom is 0.273 e. The molecule has 1 saturated carbocycles. The van der Waals surface area contributed by atoms with Gasteiger partial charge in [0.1, 0.15) is 5.76 Å². The predicted molar refractivity (Wildman–Crippen MR) is 89.8 cm³/mol. The Bertz CT molecular complexity index is 628. The van der Waals surface area contributed by atoms with Crippen molar-refractivity contribution in [3.8, 4) is 0 Å². The second-order valence-corrected chi connectivity index (χ2v) is 7.11. The molecule has 4 N–H and O–H groups in total. The van der Waals surface area contributed by atoms with Crippen LogP contribution in [0.4, 0.5) is 0 Å². The Morgan fingerprint density at radius 3 is 2.88 bits per heavy atom. The number of nitrogens with one attached hydrogen (secondary N) is 1.